The molecule has 2 aromatic rings. The molecule has 0 spiro atoms. The van der Waals surface area contributed by atoms with Crippen molar-refractivity contribution in [1.29, 1.82) is 0 Å². The molecule has 1 unspecified atom stereocenters. The van der Waals surface area contributed by atoms with Crippen LogP contribution in [0.25, 0.3) is 0 Å². The smallest absolute Gasteiger partial charge is 0.142 e. The second-order valence-electron chi connectivity index (χ2n) is 4.29. The average Bonchev–Trinajstić information content (AvgIpc) is 2.75. The van der Waals surface area contributed by atoms with Gasteiger partial charge in [0.05, 0.1) is 21.4 Å². The molecule has 0 radical (unpaired) electrons. The van der Waals surface area contributed by atoms with Gasteiger partial charge in [-0.05, 0) is 34.5 Å². The van der Waals surface area contributed by atoms with Gasteiger partial charge in [0.25, 0.3) is 0 Å². The molecule has 1 N–H and O–H groups in total. The Balaban J connectivity index is 2.48. The summed E-state index contributed by atoms with van der Waals surface area (Å²) in [6, 6.07) is 1.75. The number of aliphatic hydroxyl groups excluding tert-OH is 1. The molecule has 1 heterocycles. The minimum atomic E-state index is -1.33. The summed E-state index contributed by atoms with van der Waals surface area (Å²) in [5.41, 5.74) is 0.206. The number of aliphatic hydroxyl groups is 1. The third kappa shape index (κ3) is 2.87. The highest BCUT2D eigenvalue weighted by atomic mass is 79.9. The molecule has 0 aliphatic rings. The molecule has 0 aliphatic carbocycles. The molecule has 1 aromatic heterocycles. The summed E-state index contributed by atoms with van der Waals surface area (Å²) in [6.45, 7) is 2.52. The molecule has 108 valence electrons. The number of benzene rings is 1. The minimum Gasteiger partial charge on any atom is -0.382 e. The second-order valence-corrected chi connectivity index (χ2v) is 5.55. The van der Waals surface area contributed by atoms with Crippen molar-refractivity contribution >= 4 is 27.5 Å². The largest absolute Gasteiger partial charge is 0.382 e. The van der Waals surface area contributed by atoms with E-state index in [2.05, 4.69) is 21.0 Å². The van der Waals surface area contributed by atoms with Crippen molar-refractivity contribution in [2.24, 2.45) is 0 Å². The van der Waals surface area contributed by atoms with Gasteiger partial charge in [-0.25, -0.2) is 8.78 Å². The van der Waals surface area contributed by atoms with Crippen LogP contribution in [-0.4, -0.2) is 14.9 Å². The van der Waals surface area contributed by atoms with Crippen molar-refractivity contribution < 1.29 is 13.9 Å². The second kappa shape index (κ2) is 6.20. The summed E-state index contributed by atoms with van der Waals surface area (Å²) in [7, 11) is 0. The highest BCUT2D eigenvalue weighted by molar-refractivity contribution is 9.10. The summed E-state index contributed by atoms with van der Waals surface area (Å²) in [4.78, 5) is 0. The molecular formula is C13H12BrClF2N2O. The molecule has 0 amide bonds. The van der Waals surface area contributed by atoms with Crippen LogP contribution in [0.15, 0.2) is 22.8 Å². The van der Waals surface area contributed by atoms with E-state index in [9.17, 15) is 13.9 Å². The van der Waals surface area contributed by atoms with Crippen LogP contribution in [0, 0.1) is 11.6 Å². The zero-order valence-corrected chi connectivity index (χ0v) is 12.9. The van der Waals surface area contributed by atoms with Crippen molar-refractivity contribution in [3.63, 3.8) is 0 Å². The quantitative estimate of drug-likeness (QED) is 0.830. The molecule has 20 heavy (non-hydrogen) atoms. The molecule has 1 atom stereocenters. The topological polar surface area (TPSA) is 38.0 Å². The maximum absolute atomic E-state index is 13.9. The van der Waals surface area contributed by atoms with Crippen LogP contribution in [0.2, 0.25) is 5.02 Å². The molecule has 1 aromatic carbocycles. The van der Waals surface area contributed by atoms with Gasteiger partial charge < -0.3 is 5.11 Å². The molecular weight excluding hydrogens is 354 g/mol. The fourth-order valence-corrected chi connectivity index (χ4v) is 2.59. The van der Waals surface area contributed by atoms with E-state index >= 15 is 0 Å². The van der Waals surface area contributed by atoms with Gasteiger partial charge in [0.2, 0.25) is 0 Å². The van der Waals surface area contributed by atoms with E-state index in [1.807, 2.05) is 6.92 Å². The maximum atomic E-state index is 13.9. The molecule has 0 bridgehead atoms. The third-order valence-electron chi connectivity index (χ3n) is 2.86. The first-order chi connectivity index (χ1) is 9.45. The number of hydrogen-bond acceptors (Lipinski definition) is 2. The zero-order chi connectivity index (χ0) is 14.9. The summed E-state index contributed by atoms with van der Waals surface area (Å²) in [5.74, 6) is -1.54. The van der Waals surface area contributed by atoms with Gasteiger partial charge in [0.1, 0.15) is 17.7 Å². The van der Waals surface area contributed by atoms with E-state index < -0.39 is 17.7 Å². The van der Waals surface area contributed by atoms with Crippen LogP contribution >= 0.6 is 27.5 Å². The van der Waals surface area contributed by atoms with E-state index in [1.165, 1.54) is 6.20 Å². The van der Waals surface area contributed by atoms with Crippen LogP contribution in [0.4, 0.5) is 8.78 Å². The van der Waals surface area contributed by atoms with Crippen molar-refractivity contribution in [2.75, 3.05) is 0 Å². The van der Waals surface area contributed by atoms with Gasteiger partial charge in [-0.15, -0.1) is 0 Å². The van der Waals surface area contributed by atoms with Crippen LogP contribution < -0.4 is 0 Å². The Kier molecular flexibility index (Phi) is 4.78. The number of halogens is 4. The van der Waals surface area contributed by atoms with Crippen LogP contribution in [0.5, 0.6) is 0 Å². The number of aryl methyl sites for hydroxylation is 1. The number of hydrogen-bond donors (Lipinski definition) is 1. The van der Waals surface area contributed by atoms with Crippen LogP contribution in [-0.2, 0) is 6.54 Å². The van der Waals surface area contributed by atoms with Gasteiger partial charge >= 0.3 is 0 Å². The van der Waals surface area contributed by atoms with Gasteiger partial charge in [0, 0.05) is 12.1 Å². The lowest BCUT2D eigenvalue weighted by atomic mass is 10.1. The predicted molar refractivity (Wildman–Crippen MR) is 75.6 cm³/mol. The van der Waals surface area contributed by atoms with E-state index in [0.717, 1.165) is 18.6 Å². The Bertz CT molecular complexity index is 633. The van der Waals surface area contributed by atoms with Crippen molar-refractivity contribution in [3.05, 3.63) is 50.7 Å². The molecule has 3 nitrogen and oxygen atoms in total. The average molecular weight is 366 g/mol. The first-order valence-electron chi connectivity index (χ1n) is 5.99. The lowest BCUT2D eigenvalue weighted by Gasteiger charge is -2.15. The lowest BCUT2D eigenvalue weighted by Crippen LogP contribution is -2.12. The Labute approximate surface area is 128 Å². The van der Waals surface area contributed by atoms with E-state index in [1.54, 1.807) is 4.68 Å². The predicted octanol–water partition coefficient (Wildman–Crippen LogP) is 4.07. The number of rotatable bonds is 4. The minimum absolute atomic E-state index is 0.176. The van der Waals surface area contributed by atoms with Gasteiger partial charge in [-0.3, -0.25) is 4.68 Å². The summed E-state index contributed by atoms with van der Waals surface area (Å²) < 4.78 is 29.4. The lowest BCUT2D eigenvalue weighted by molar-refractivity contribution is 0.201. The zero-order valence-electron chi connectivity index (χ0n) is 10.6. The Hall–Kier alpha value is -0.980. The maximum Gasteiger partial charge on any atom is 0.142 e. The number of nitrogens with zero attached hydrogens (tertiary/aromatic N) is 2. The van der Waals surface area contributed by atoms with E-state index in [-0.39, 0.29) is 10.6 Å². The van der Waals surface area contributed by atoms with Crippen molar-refractivity contribution in [3.8, 4) is 0 Å². The Morgan fingerprint density at radius 1 is 1.40 bits per heavy atom. The van der Waals surface area contributed by atoms with Gasteiger partial charge in [-0.2, -0.15) is 5.10 Å². The molecule has 2 rings (SSSR count). The SMILES string of the molecule is CCCn1ncc(Br)c1C(O)c1cc(F)c(Cl)cc1F. The van der Waals surface area contributed by atoms with Crippen molar-refractivity contribution in [1.82, 2.24) is 9.78 Å². The van der Waals surface area contributed by atoms with Crippen LogP contribution in [0.3, 0.4) is 0 Å². The Morgan fingerprint density at radius 2 is 2.10 bits per heavy atom. The fourth-order valence-electron chi connectivity index (χ4n) is 1.93. The first kappa shape index (κ1) is 15.4. The summed E-state index contributed by atoms with van der Waals surface area (Å²) in [5, 5.41) is 14.1. The third-order valence-corrected chi connectivity index (χ3v) is 3.76. The van der Waals surface area contributed by atoms with E-state index in [4.69, 9.17) is 11.6 Å². The molecule has 0 saturated carbocycles. The molecule has 0 aliphatic heterocycles. The Morgan fingerprint density at radius 3 is 2.75 bits per heavy atom. The molecule has 0 fully saturated rings. The van der Waals surface area contributed by atoms with Crippen LogP contribution in [0.1, 0.15) is 30.7 Å². The van der Waals surface area contributed by atoms with Gasteiger partial charge in [-0.1, -0.05) is 18.5 Å². The monoisotopic (exact) mass is 364 g/mol. The van der Waals surface area contributed by atoms with Crippen molar-refractivity contribution in [2.45, 2.75) is 26.0 Å². The normalized spacial score (nSPS) is 12.7. The number of aromatic nitrogens is 2. The summed E-state index contributed by atoms with van der Waals surface area (Å²) >= 11 is 8.76. The molecule has 0 saturated heterocycles. The highest BCUT2D eigenvalue weighted by Crippen LogP contribution is 2.32. The fraction of sp³-hybridized carbons (Fsp3) is 0.308. The van der Waals surface area contributed by atoms with E-state index in [0.29, 0.717) is 16.7 Å². The first-order valence-corrected chi connectivity index (χ1v) is 7.16. The summed E-state index contributed by atoms with van der Waals surface area (Å²) in [6.07, 6.45) is 0.981. The van der Waals surface area contributed by atoms with Gasteiger partial charge in [0.15, 0.2) is 0 Å². The standard InChI is InChI=1S/C13H12BrClF2N2O/c1-2-3-19-12(8(14)6-18-19)13(20)7-4-11(17)9(15)5-10(7)16/h4-6,13,20H,2-3H2,1H3. The molecule has 7 heteroatoms. The highest BCUT2D eigenvalue weighted by Gasteiger charge is 2.23.